The molecule has 3 aromatic heterocycles. The second-order valence-corrected chi connectivity index (χ2v) is 15.7. The molecule has 2 N–H and O–H groups in total. The first kappa shape index (κ1) is 35.8. The summed E-state index contributed by atoms with van der Waals surface area (Å²) in [5.41, 5.74) is 0.146. The number of aromatic nitrogens is 5. The lowest BCUT2D eigenvalue weighted by Crippen LogP contribution is -2.35. The number of hydrogen-bond acceptors (Lipinski definition) is 6. The molecule has 6 aromatic rings. The van der Waals surface area contributed by atoms with Crippen LogP contribution in [0.15, 0.2) is 60.7 Å². The molecule has 2 aliphatic rings. The number of halogens is 7. The molecule has 0 radical (unpaired) electrons. The van der Waals surface area contributed by atoms with E-state index in [4.69, 9.17) is 16.6 Å². The number of nitrogens with zero attached hydrogens (tertiary/aromatic N) is 5. The molecule has 1 saturated carbocycles. The number of benzene rings is 3. The van der Waals surface area contributed by atoms with Gasteiger partial charge in [0.1, 0.15) is 29.6 Å². The Hall–Kier alpha value is -5.16. The van der Waals surface area contributed by atoms with Gasteiger partial charge in [-0.1, -0.05) is 35.9 Å². The number of carbonyl (C=O) groups excluding carboxylic acids is 1. The van der Waals surface area contributed by atoms with E-state index in [1.54, 1.807) is 43.4 Å². The number of alkyl halides is 4. The van der Waals surface area contributed by atoms with E-state index in [1.807, 2.05) is 0 Å². The zero-order valence-electron chi connectivity index (χ0n) is 28.2. The van der Waals surface area contributed by atoms with Gasteiger partial charge in [-0.15, -0.1) is 0 Å². The SMILES string of the molecule is Cn1nc(NS(C)(=O)=O)c2c(Cl)ccc(-c3cc4ccccc4nc3C(Cc3cc(F)cc(F)c3)NC(=O)Cn3nc(C(F)F)c4c3C(F)(F)[C@@H]3C[C@H]43)c21. The number of hydrogen-bond donors (Lipinski definition) is 2. The van der Waals surface area contributed by atoms with Crippen LogP contribution in [-0.4, -0.2) is 45.1 Å². The third-order valence-electron chi connectivity index (χ3n) is 9.75. The zero-order valence-corrected chi connectivity index (χ0v) is 29.8. The summed E-state index contributed by atoms with van der Waals surface area (Å²) >= 11 is 6.60. The highest BCUT2D eigenvalue weighted by atomic mass is 35.5. The quantitative estimate of drug-likeness (QED) is 0.138. The van der Waals surface area contributed by atoms with Crippen molar-refractivity contribution in [3.05, 3.63) is 106 Å². The monoisotopic (exact) mass is 787 g/mol. The molecule has 1 unspecified atom stereocenters. The standard InChI is InChI=1S/C36H28ClF6N7O3S/c1-49-32-20(7-8-24(37)29(32)35(47-49)48-54(2,52)53)21-12-17-5-3-4-6-25(17)45-30(21)26(11-16-9-18(38)13-19(39)10-16)44-27(51)15-50-33-28(31(46-50)34(40)41)22-14-23(22)36(33,42)43/h3-10,12-13,22-23,26,34H,11,14-15H2,1-2H3,(H,44,51)(H,47,48)/t22-,23+,26?/m0/s1. The predicted molar refractivity (Wildman–Crippen MR) is 188 cm³/mol. The Morgan fingerprint density at radius 3 is 2.44 bits per heavy atom. The predicted octanol–water partition coefficient (Wildman–Crippen LogP) is 7.53. The Balaban J connectivity index is 1.28. The fraction of sp³-hybridized carbons (Fsp3) is 0.278. The van der Waals surface area contributed by atoms with Crippen LogP contribution in [0.3, 0.4) is 0 Å². The van der Waals surface area contributed by atoms with Gasteiger partial charge in [0.25, 0.3) is 12.3 Å². The van der Waals surface area contributed by atoms with Crippen LogP contribution in [0.4, 0.5) is 32.2 Å². The van der Waals surface area contributed by atoms with Crippen molar-refractivity contribution in [1.29, 1.82) is 0 Å². The molecule has 0 saturated heterocycles. The van der Waals surface area contributed by atoms with E-state index in [1.165, 1.54) is 10.7 Å². The van der Waals surface area contributed by atoms with Crippen LogP contribution in [0.5, 0.6) is 0 Å². The van der Waals surface area contributed by atoms with Crippen molar-refractivity contribution < 1.29 is 39.6 Å². The number of aryl methyl sites for hydroxylation is 1. The molecule has 0 spiro atoms. The highest BCUT2D eigenvalue weighted by Gasteiger charge is 2.67. The molecule has 54 heavy (non-hydrogen) atoms. The molecule has 10 nitrogen and oxygen atoms in total. The maximum atomic E-state index is 15.3. The van der Waals surface area contributed by atoms with E-state index in [2.05, 4.69) is 20.2 Å². The summed E-state index contributed by atoms with van der Waals surface area (Å²) in [6, 6.07) is 13.5. The molecule has 1 fully saturated rings. The number of para-hydroxylation sites is 1. The third-order valence-corrected chi connectivity index (χ3v) is 10.6. The molecule has 3 heterocycles. The largest absolute Gasteiger partial charge is 0.346 e. The lowest BCUT2D eigenvalue weighted by Gasteiger charge is -2.23. The van der Waals surface area contributed by atoms with Gasteiger partial charge in [-0.3, -0.25) is 18.9 Å². The molecule has 0 bridgehead atoms. The van der Waals surface area contributed by atoms with E-state index in [9.17, 15) is 30.8 Å². The average molecular weight is 788 g/mol. The van der Waals surface area contributed by atoms with Crippen LogP contribution in [0.2, 0.25) is 5.02 Å². The van der Waals surface area contributed by atoms with Gasteiger partial charge in [0.05, 0.1) is 39.4 Å². The van der Waals surface area contributed by atoms with E-state index in [0.717, 1.165) is 18.4 Å². The normalized spacial score (nSPS) is 17.9. The minimum Gasteiger partial charge on any atom is -0.346 e. The van der Waals surface area contributed by atoms with Gasteiger partial charge in [-0.25, -0.2) is 31.0 Å². The maximum absolute atomic E-state index is 15.3. The number of sulfonamides is 1. The number of fused-ring (bicyclic) bond motifs is 5. The minimum absolute atomic E-state index is 0.0424. The van der Waals surface area contributed by atoms with Crippen LogP contribution in [0, 0.1) is 17.6 Å². The van der Waals surface area contributed by atoms with Gasteiger partial charge in [-0.2, -0.15) is 19.0 Å². The van der Waals surface area contributed by atoms with Gasteiger partial charge in [0.2, 0.25) is 15.9 Å². The lowest BCUT2D eigenvalue weighted by molar-refractivity contribution is -0.123. The Bertz CT molecular complexity index is 2630. The van der Waals surface area contributed by atoms with Gasteiger partial charge < -0.3 is 5.32 Å². The fourth-order valence-corrected chi connectivity index (χ4v) is 8.32. The van der Waals surface area contributed by atoms with E-state index in [-0.39, 0.29) is 45.9 Å². The van der Waals surface area contributed by atoms with Crippen molar-refractivity contribution in [2.45, 2.75) is 43.7 Å². The number of rotatable bonds is 10. The van der Waals surface area contributed by atoms with Crippen LogP contribution in [-0.2, 0) is 40.8 Å². The summed E-state index contributed by atoms with van der Waals surface area (Å²) in [4.78, 5) is 18.8. The second-order valence-electron chi connectivity index (χ2n) is 13.6. The molecule has 3 atom stereocenters. The molecule has 3 aromatic carbocycles. The first-order chi connectivity index (χ1) is 25.5. The van der Waals surface area contributed by atoms with Crippen molar-refractivity contribution in [2.24, 2.45) is 13.0 Å². The summed E-state index contributed by atoms with van der Waals surface area (Å²) in [5.74, 6) is -8.15. The van der Waals surface area contributed by atoms with Crippen LogP contribution >= 0.6 is 11.6 Å². The summed E-state index contributed by atoms with van der Waals surface area (Å²) in [5, 5.41) is 11.9. The Morgan fingerprint density at radius 2 is 1.74 bits per heavy atom. The molecule has 8 rings (SSSR count). The van der Waals surface area contributed by atoms with Gasteiger partial charge in [-0.05, 0) is 54.7 Å². The number of pyridine rings is 1. The molecule has 0 aliphatic heterocycles. The molecular formula is C36H28ClF6N7O3S. The number of anilines is 1. The third kappa shape index (κ3) is 6.22. The fourth-order valence-electron chi connectivity index (χ4n) is 7.59. The minimum atomic E-state index is -3.80. The van der Waals surface area contributed by atoms with Gasteiger partial charge in [0, 0.05) is 41.1 Å². The van der Waals surface area contributed by atoms with E-state index in [0.29, 0.717) is 38.3 Å². The van der Waals surface area contributed by atoms with Crippen molar-refractivity contribution in [1.82, 2.24) is 29.9 Å². The van der Waals surface area contributed by atoms with Crippen LogP contribution < -0.4 is 10.0 Å². The lowest BCUT2D eigenvalue weighted by atomic mass is 9.93. The number of carbonyl (C=O) groups is 1. The molecule has 1 amide bonds. The van der Waals surface area contributed by atoms with Crippen molar-refractivity contribution in [3.8, 4) is 11.1 Å². The second kappa shape index (κ2) is 12.7. The van der Waals surface area contributed by atoms with Crippen molar-refractivity contribution in [3.63, 3.8) is 0 Å². The smallest absolute Gasteiger partial charge is 0.293 e. The molecule has 2 aliphatic carbocycles. The van der Waals surface area contributed by atoms with Gasteiger partial charge >= 0.3 is 0 Å². The summed E-state index contributed by atoms with van der Waals surface area (Å²) in [7, 11) is -2.23. The van der Waals surface area contributed by atoms with Crippen molar-refractivity contribution in [2.75, 3.05) is 11.0 Å². The van der Waals surface area contributed by atoms with Crippen molar-refractivity contribution >= 4 is 55.2 Å². The Kier molecular flexibility index (Phi) is 8.44. The summed E-state index contributed by atoms with van der Waals surface area (Å²) < 4.78 is 117. The Morgan fingerprint density at radius 1 is 1.02 bits per heavy atom. The Labute approximate surface area is 308 Å². The van der Waals surface area contributed by atoms with Gasteiger partial charge in [0.15, 0.2) is 5.82 Å². The number of amides is 1. The topological polar surface area (TPSA) is 124 Å². The molecular weight excluding hydrogens is 760 g/mol. The first-order valence-electron chi connectivity index (χ1n) is 16.5. The average Bonchev–Trinajstić information content (AvgIpc) is 3.62. The highest BCUT2D eigenvalue weighted by molar-refractivity contribution is 7.92. The first-order valence-corrected chi connectivity index (χ1v) is 18.8. The number of nitrogens with one attached hydrogen (secondary N) is 2. The highest BCUT2D eigenvalue weighted by Crippen LogP contribution is 2.68. The molecule has 280 valence electrons. The molecule has 18 heteroatoms. The zero-order chi connectivity index (χ0) is 38.4. The van der Waals surface area contributed by atoms with E-state index >= 15 is 8.78 Å². The maximum Gasteiger partial charge on any atom is 0.293 e. The van der Waals surface area contributed by atoms with E-state index < -0.39 is 75.7 Å². The summed E-state index contributed by atoms with van der Waals surface area (Å²) in [6.07, 6.45) is -2.41. The van der Waals surface area contributed by atoms with Crippen LogP contribution in [0.1, 0.15) is 53.0 Å². The van der Waals surface area contributed by atoms with Crippen LogP contribution in [0.25, 0.3) is 32.9 Å². The summed E-state index contributed by atoms with van der Waals surface area (Å²) in [6.45, 7) is -0.867.